The molecule has 1 heterocycles. The predicted octanol–water partition coefficient (Wildman–Crippen LogP) is 3.08. The Labute approximate surface area is 179 Å². The number of aromatic nitrogens is 2. The number of aryl methyl sites for hydroxylation is 1. The summed E-state index contributed by atoms with van der Waals surface area (Å²) in [6, 6.07) is 15.6. The van der Waals surface area contributed by atoms with Gasteiger partial charge in [0.1, 0.15) is 12.3 Å². The van der Waals surface area contributed by atoms with E-state index in [2.05, 4.69) is 15.7 Å². The molecule has 2 aromatic carbocycles. The maximum Gasteiger partial charge on any atom is 0.267 e. The van der Waals surface area contributed by atoms with Crippen molar-refractivity contribution in [2.24, 2.45) is 0 Å². The quantitative estimate of drug-likeness (QED) is 0.612. The molecule has 1 aromatic heterocycles. The fourth-order valence-electron chi connectivity index (χ4n) is 3.14. The Bertz CT molecular complexity index is 1170. The molecule has 0 spiro atoms. The summed E-state index contributed by atoms with van der Waals surface area (Å²) >= 11 is 0. The number of nitrogens with zero attached hydrogens (tertiary/aromatic N) is 2. The smallest absolute Gasteiger partial charge is 0.267 e. The molecule has 31 heavy (non-hydrogen) atoms. The van der Waals surface area contributed by atoms with Crippen LogP contribution in [0.25, 0.3) is 11.3 Å². The van der Waals surface area contributed by atoms with Gasteiger partial charge in [-0.2, -0.15) is 5.10 Å². The molecule has 0 atom stereocenters. The van der Waals surface area contributed by atoms with Crippen LogP contribution in [0.5, 0.6) is 5.75 Å². The van der Waals surface area contributed by atoms with Crippen molar-refractivity contribution in [2.45, 2.75) is 26.8 Å². The molecule has 0 fully saturated rings. The summed E-state index contributed by atoms with van der Waals surface area (Å²) in [4.78, 5) is 36.3. The molecule has 0 bridgehead atoms. The zero-order chi connectivity index (χ0) is 22.4. The van der Waals surface area contributed by atoms with Crippen LogP contribution in [-0.2, 0) is 22.6 Å². The highest BCUT2D eigenvalue weighted by Crippen LogP contribution is 2.25. The van der Waals surface area contributed by atoms with Crippen LogP contribution in [-0.4, -0.2) is 28.7 Å². The molecule has 0 aliphatic heterocycles. The van der Waals surface area contributed by atoms with Crippen molar-refractivity contribution in [3.63, 3.8) is 0 Å². The van der Waals surface area contributed by atoms with E-state index in [-0.39, 0.29) is 12.5 Å². The molecular formula is C23H24N4O4. The monoisotopic (exact) mass is 420 g/mol. The molecule has 8 nitrogen and oxygen atoms in total. The maximum absolute atomic E-state index is 12.5. The van der Waals surface area contributed by atoms with Crippen LogP contribution in [0, 0.1) is 0 Å². The molecule has 0 unspecified atom stereocenters. The van der Waals surface area contributed by atoms with Gasteiger partial charge < -0.3 is 15.4 Å². The van der Waals surface area contributed by atoms with E-state index in [0.717, 1.165) is 22.2 Å². The molecular weight excluding hydrogens is 396 g/mol. The standard InChI is InChI=1S/C23H24N4O4/c1-4-16-9-10-17(13-20(16)24-15(2)28)18-11-12-23(30)27(26-18)14-22(29)25-19-7-5-6-8-21(19)31-3/h5-13H,4,14H2,1-3H3,(H,24,28)(H,25,29). The fraction of sp³-hybridized carbons (Fsp3) is 0.217. The summed E-state index contributed by atoms with van der Waals surface area (Å²) in [5.74, 6) is -0.0549. The number of carbonyl (C=O) groups is 2. The summed E-state index contributed by atoms with van der Waals surface area (Å²) < 4.78 is 6.33. The van der Waals surface area contributed by atoms with Gasteiger partial charge in [0.25, 0.3) is 5.56 Å². The summed E-state index contributed by atoms with van der Waals surface area (Å²) in [5, 5.41) is 9.89. The van der Waals surface area contributed by atoms with Gasteiger partial charge in [-0.1, -0.05) is 31.2 Å². The minimum absolute atomic E-state index is 0.169. The first-order valence-corrected chi connectivity index (χ1v) is 9.83. The van der Waals surface area contributed by atoms with Crippen molar-refractivity contribution in [1.29, 1.82) is 0 Å². The maximum atomic E-state index is 12.5. The average Bonchev–Trinajstić information content (AvgIpc) is 2.75. The van der Waals surface area contributed by atoms with Gasteiger partial charge in [-0.15, -0.1) is 0 Å². The van der Waals surface area contributed by atoms with E-state index in [0.29, 0.717) is 22.8 Å². The number of anilines is 2. The van der Waals surface area contributed by atoms with E-state index >= 15 is 0 Å². The number of para-hydroxylation sites is 2. The summed E-state index contributed by atoms with van der Waals surface area (Å²) in [7, 11) is 1.51. The minimum Gasteiger partial charge on any atom is -0.495 e. The number of amides is 2. The van der Waals surface area contributed by atoms with E-state index in [1.807, 2.05) is 25.1 Å². The van der Waals surface area contributed by atoms with Crippen LogP contribution in [0.2, 0.25) is 0 Å². The Morgan fingerprint density at radius 3 is 2.52 bits per heavy atom. The van der Waals surface area contributed by atoms with Gasteiger partial charge in [0.15, 0.2) is 0 Å². The van der Waals surface area contributed by atoms with Crippen molar-refractivity contribution >= 4 is 23.2 Å². The molecule has 2 amide bonds. The van der Waals surface area contributed by atoms with E-state index in [9.17, 15) is 14.4 Å². The minimum atomic E-state index is -0.406. The van der Waals surface area contributed by atoms with Crippen LogP contribution in [0.3, 0.4) is 0 Å². The van der Waals surface area contributed by atoms with Gasteiger partial charge in [-0.05, 0) is 36.2 Å². The Morgan fingerprint density at radius 2 is 1.81 bits per heavy atom. The molecule has 3 rings (SSSR count). The third-order valence-corrected chi connectivity index (χ3v) is 4.64. The van der Waals surface area contributed by atoms with Crippen molar-refractivity contribution in [1.82, 2.24) is 9.78 Å². The normalized spacial score (nSPS) is 10.4. The second-order valence-corrected chi connectivity index (χ2v) is 6.87. The number of carbonyl (C=O) groups excluding carboxylic acids is 2. The molecule has 3 aromatic rings. The third kappa shape index (κ3) is 5.36. The van der Waals surface area contributed by atoms with E-state index < -0.39 is 11.5 Å². The lowest BCUT2D eigenvalue weighted by molar-refractivity contribution is -0.117. The van der Waals surface area contributed by atoms with Gasteiger partial charge in [0.2, 0.25) is 11.8 Å². The first kappa shape index (κ1) is 21.8. The van der Waals surface area contributed by atoms with Crippen LogP contribution >= 0.6 is 0 Å². The second kappa shape index (κ2) is 9.71. The Morgan fingerprint density at radius 1 is 1.03 bits per heavy atom. The molecule has 2 N–H and O–H groups in total. The number of methoxy groups -OCH3 is 1. The lowest BCUT2D eigenvalue weighted by atomic mass is 10.0. The summed E-state index contributed by atoms with van der Waals surface area (Å²) in [6.07, 6.45) is 0.756. The van der Waals surface area contributed by atoms with Crippen LogP contribution < -0.4 is 20.9 Å². The number of hydrogen-bond acceptors (Lipinski definition) is 5. The van der Waals surface area contributed by atoms with Crippen molar-refractivity contribution in [3.05, 3.63) is 70.5 Å². The zero-order valence-corrected chi connectivity index (χ0v) is 17.6. The van der Waals surface area contributed by atoms with E-state index in [4.69, 9.17) is 4.74 Å². The predicted molar refractivity (Wildman–Crippen MR) is 119 cm³/mol. The van der Waals surface area contributed by atoms with Crippen LogP contribution in [0.4, 0.5) is 11.4 Å². The fourth-order valence-corrected chi connectivity index (χ4v) is 3.14. The molecule has 0 saturated carbocycles. The largest absolute Gasteiger partial charge is 0.495 e. The van der Waals surface area contributed by atoms with Crippen molar-refractivity contribution in [3.8, 4) is 17.0 Å². The zero-order valence-electron chi connectivity index (χ0n) is 17.6. The van der Waals surface area contributed by atoms with Gasteiger partial charge in [-0.3, -0.25) is 14.4 Å². The summed E-state index contributed by atoms with van der Waals surface area (Å²) in [6.45, 7) is 3.19. The molecule has 0 aliphatic rings. The van der Waals surface area contributed by atoms with Gasteiger partial charge in [0.05, 0.1) is 18.5 Å². The SMILES string of the molecule is CCc1ccc(-c2ccc(=O)n(CC(=O)Nc3ccccc3OC)n2)cc1NC(C)=O. The number of hydrogen-bond donors (Lipinski definition) is 2. The second-order valence-electron chi connectivity index (χ2n) is 6.87. The third-order valence-electron chi connectivity index (χ3n) is 4.64. The number of rotatable bonds is 7. The number of nitrogens with one attached hydrogen (secondary N) is 2. The van der Waals surface area contributed by atoms with E-state index in [1.165, 1.54) is 20.1 Å². The average molecular weight is 420 g/mol. The highest BCUT2D eigenvalue weighted by Gasteiger charge is 2.12. The summed E-state index contributed by atoms with van der Waals surface area (Å²) in [5.41, 5.74) is 3.03. The Kier molecular flexibility index (Phi) is 6.81. The molecule has 160 valence electrons. The van der Waals surface area contributed by atoms with Gasteiger partial charge in [-0.25, -0.2) is 4.68 Å². The first-order valence-electron chi connectivity index (χ1n) is 9.83. The Balaban J connectivity index is 1.86. The first-order chi connectivity index (χ1) is 14.9. The molecule has 0 radical (unpaired) electrons. The Hall–Kier alpha value is -3.94. The van der Waals surface area contributed by atoms with Crippen molar-refractivity contribution in [2.75, 3.05) is 17.7 Å². The highest BCUT2D eigenvalue weighted by atomic mass is 16.5. The van der Waals surface area contributed by atoms with Gasteiger partial charge in [0, 0.05) is 24.2 Å². The van der Waals surface area contributed by atoms with Crippen molar-refractivity contribution < 1.29 is 14.3 Å². The highest BCUT2D eigenvalue weighted by molar-refractivity contribution is 5.92. The van der Waals surface area contributed by atoms with Crippen LogP contribution in [0.1, 0.15) is 19.4 Å². The van der Waals surface area contributed by atoms with Crippen LogP contribution in [0.15, 0.2) is 59.4 Å². The van der Waals surface area contributed by atoms with E-state index in [1.54, 1.807) is 30.3 Å². The number of benzene rings is 2. The topological polar surface area (TPSA) is 102 Å². The molecule has 0 saturated heterocycles. The lowest BCUT2D eigenvalue weighted by Crippen LogP contribution is -2.29. The lowest BCUT2D eigenvalue weighted by Gasteiger charge is -2.12. The number of ether oxygens (including phenoxy) is 1. The van der Waals surface area contributed by atoms with Gasteiger partial charge >= 0.3 is 0 Å². The molecule has 8 heteroatoms. The molecule has 0 aliphatic carbocycles.